The maximum Gasteiger partial charge on any atom is 0.339 e. The summed E-state index contributed by atoms with van der Waals surface area (Å²) in [4.78, 5) is 10.9. The number of carboxylic acid groups (broad SMARTS) is 1. The molecule has 0 aliphatic rings. The zero-order valence-corrected chi connectivity index (χ0v) is 12.9. The van der Waals surface area contributed by atoms with E-state index in [1.54, 1.807) is 13.0 Å². The quantitative estimate of drug-likeness (QED) is 0.742. The first-order valence-corrected chi connectivity index (χ1v) is 7.93. The average molecular weight is 342 g/mol. The molecule has 0 saturated heterocycles. The van der Waals surface area contributed by atoms with Gasteiger partial charge in [-0.1, -0.05) is 23.7 Å². The smallest absolute Gasteiger partial charge is 0.339 e. The van der Waals surface area contributed by atoms with Crippen molar-refractivity contribution in [1.29, 1.82) is 0 Å². The highest BCUT2D eigenvalue weighted by Gasteiger charge is 2.21. The number of nitrogens with one attached hydrogen (secondary N) is 1. The monoisotopic (exact) mass is 341 g/mol. The number of halogens is 1. The van der Waals surface area contributed by atoms with Crippen LogP contribution in [0.1, 0.15) is 15.9 Å². The Morgan fingerprint density at radius 3 is 2.45 bits per heavy atom. The molecule has 2 aromatic rings. The number of para-hydroxylation sites is 1. The molecule has 8 heteroatoms. The fraction of sp³-hybridized carbons (Fsp3) is 0.0714. The molecule has 0 spiro atoms. The Kier molecular flexibility index (Phi) is 4.30. The number of carboxylic acids is 1. The van der Waals surface area contributed by atoms with E-state index in [-0.39, 0.29) is 15.6 Å². The summed E-state index contributed by atoms with van der Waals surface area (Å²) in [5.41, 5.74) is -0.271. The lowest BCUT2D eigenvalue weighted by atomic mass is 10.2. The highest BCUT2D eigenvalue weighted by atomic mass is 35.5. The topological polar surface area (TPSA) is 104 Å². The second-order valence-corrected chi connectivity index (χ2v) is 6.53. The number of hydrogen-bond acceptors (Lipinski definition) is 4. The highest BCUT2D eigenvalue weighted by Crippen LogP contribution is 2.31. The van der Waals surface area contributed by atoms with Crippen LogP contribution < -0.4 is 4.72 Å². The van der Waals surface area contributed by atoms with Gasteiger partial charge in [0.05, 0.1) is 10.6 Å². The van der Waals surface area contributed by atoms with Gasteiger partial charge in [0.1, 0.15) is 5.56 Å². The Morgan fingerprint density at radius 1 is 1.18 bits per heavy atom. The van der Waals surface area contributed by atoms with Gasteiger partial charge in [-0.2, -0.15) is 0 Å². The fourth-order valence-corrected chi connectivity index (χ4v) is 3.44. The molecule has 116 valence electrons. The zero-order chi connectivity index (χ0) is 16.5. The van der Waals surface area contributed by atoms with Crippen molar-refractivity contribution >= 4 is 33.3 Å². The van der Waals surface area contributed by atoms with Crippen LogP contribution in [0.15, 0.2) is 41.3 Å². The predicted molar refractivity (Wildman–Crippen MR) is 82.1 cm³/mol. The number of benzene rings is 2. The molecule has 2 aromatic carbocycles. The molecule has 0 radical (unpaired) electrons. The van der Waals surface area contributed by atoms with E-state index < -0.39 is 27.3 Å². The molecule has 6 nitrogen and oxygen atoms in total. The van der Waals surface area contributed by atoms with Crippen LogP contribution in [-0.2, 0) is 10.0 Å². The summed E-state index contributed by atoms with van der Waals surface area (Å²) in [6.07, 6.45) is 0. The molecule has 3 N–H and O–H groups in total. The molecule has 0 fully saturated rings. The summed E-state index contributed by atoms with van der Waals surface area (Å²) >= 11 is 5.90. The van der Waals surface area contributed by atoms with Crippen LogP contribution in [0, 0.1) is 6.92 Å². The Bertz CT molecular complexity index is 848. The third-order valence-electron chi connectivity index (χ3n) is 3.02. The van der Waals surface area contributed by atoms with Gasteiger partial charge in [-0.15, -0.1) is 0 Å². The fourth-order valence-electron chi connectivity index (χ4n) is 1.88. The number of phenols is 1. The van der Waals surface area contributed by atoms with Gasteiger partial charge in [-0.05, 0) is 36.8 Å². The zero-order valence-electron chi connectivity index (χ0n) is 11.4. The standard InChI is InChI=1S/C14H12ClNO5S/c1-8-10(15)5-3-7-12(8)22(20,21)16-11-6-2-4-9(13(11)17)14(18)19/h2-7,16-17H,1H3,(H,18,19). The largest absolute Gasteiger partial charge is 0.505 e. The van der Waals surface area contributed by atoms with Crippen LogP contribution in [0.4, 0.5) is 5.69 Å². The van der Waals surface area contributed by atoms with Gasteiger partial charge in [-0.25, -0.2) is 13.2 Å². The maximum atomic E-state index is 12.4. The van der Waals surface area contributed by atoms with Crippen molar-refractivity contribution in [1.82, 2.24) is 0 Å². The molecule has 0 bridgehead atoms. The molecule has 0 aliphatic heterocycles. The van der Waals surface area contributed by atoms with E-state index in [9.17, 15) is 18.3 Å². The van der Waals surface area contributed by atoms with Crippen LogP contribution >= 0.6 is 11.6 Å². The normalized spacial score (nSPS) is 11.2. The van der Waals surface area contributed by atoms with Gasteiger partial charge in [0.25, 0.3) is 10.0 Å². The van der Waals surface area contributed by atoms with E-state index in [0.29, 0.717) is 5.56 Å². The number of carbonyl (C=O) groups is 1. The molecular weight excluding hydrogens is 330 g/mol. The van der Waals surface area contributed by atoms with Crippen molar-refractivity contribution < 1.29 is 23.4 Å². The van der Waals surface area contributed by atoms with Gasteiger partial charge >= 0.3 is 5.97 Å². The molecule has 2 rings (SSSR count). The average Bonchev–Trinajstić information content (AvgIpc) is 2.43. The maximum absolute atomic E-state index is 12.4. The van der Waals surface area contributed by atoms with Crippen molar-refractivity contribution in [3.8, 4) is 5.75 Å². The minimum atomic E-state index is -4.02. The number of aromatic carboxylic acids is 1. The van der Waals surface area contributed by atoms with E-state index in [1.807, 2.05) is 0 Å². The van der Waals surface area contributed by atoms with Crippen molar-refractivity contribution in [3.05, 3.63) is 52.5 Å². The lowest BCUT2D eigenvalue weighted by Gasteiger charge is -2.13. The van der Waals surface area contributed by atoms with Gasteiger partial charge in [0.15, 0.2) is 5.75 Å². The SMILES string of the molecule is Cc1c(Cl)cccc1S(=O)(=O)Nc1cccc(C(=O)O)c1O. The first-order valence-electron chi connectivity index (χ1n) is 6.07. The summed E-state index contributed by atoms with van der Waals surface area (Å²) in [7, 11) is -4.02. The Morgan fingerprint density at radius 2 is 1.82 bits per heavy atom. The summed E-state index contributed by atoms with van der Waals surface area (Å²) in [6, 6.07) is 8.16. The van der Waals surface area contributed by atoms with E-state index in [0.717, 1.165) is 0 Å². The van der Waals surface area contributed by atoms with Crippen LogP contribution in [-0.4, -0.2) is 24.6 Å². The van der Waals surface area contributed by atoms with Gasteiger partial charge in [0, 0.05) is 5.02 Å². The van der Waals surface area contributed by atoms with E-state index in [1.165, 1.54) is 30.3 Å². The molecular formula is C14H12ClNO5S. The number of hydrogen-bond donors (Lipinski definition) is 3. The Labute approximate surface area is 132 Å². The minimum Gasteiger partial charge on any atom is -0.505 e. The lowest BCUT2D eigenvalue weighted by molar-refractivity contribution is 0.0694. The molecule has 0 aromatic heterocycles. The second kappa shape index (κ2) is 5.86. The van der Waals surface area contributed by atoms with Gasteiger partial charge in [0.2, 0.25) is 0 Å². The number of aromatic hydroxyl groups is 1. The van der Waals surface area contributed by atoms with Crippen LogP contribution in [0.5, 0.6) is 5.75 Å². The van der Waals surface area contributed by atoms with Crippen LogP contribution in [0.25, 0.3) is 0 Å². The number of rotatable bonds is 4. The lowest BCUT2D eigenvalue weighted by Crippen LogP contribution is -2.15. The minimum absolute atomic E-state index is 0.0554. The van der Waals surface area contributed by atoms with Crippen LogP contribution in [0.2, 0.25) is 5.02 Å². The van der Waals surface area contributed by atoms with E-state index in [4.69, 9.17) is 16.7 Å². The Balaban J connectivity index is 2.48. The summed E-state index contributed by atoms with van der Waals surface area (Å²) in [5, 5.41) is 19.1. The summed E-state index contributed by atoms with van der Waals surface area (Å²) in [5.74, 6) is -2.02. The third-order valence-corrected chi connectivity index (χ3v) is 4.94. The molecule has 0 amide bonds. The number of sulfonamides is 1. The first kappa shape index (κ1) is 16.1. The molecule has 22 heavy (non-hydrogen) atoms. The highest BCUT2D eigenvalue weighted by molar-refractivity contribution is 7.92. The van der Waals surface area contributed by atoms with Gasteiger partial charge in [-0.3, -0.25) is 4.72 Å². The van der Waals surface area contributed by atoms with Crippen molar-refractivity contribution in [2.75, 3.05) is 4.72 Å². The molecule has 0 unspecified atom stereocenters. The predicted octanol–water partition coefficient (Wildman–Crippen LogP) is 2.85. The number of anilines is 1. The van der Waals surface area contributed by atoms with Crippen molar-refractivity contribution in [3.63, 3.8) is 0 Å². The summed E-state index contributed by atoms with van der Waals surface area (Å²) < 4.78 is 26.9. The second-order valence-electron chi connectivity index (χ2n) is 4.48. The Hall–Kier alpha value is -2.25. The first-order chi connectivity index (χ1) is 10.2. The molecule has 0 saturated carbocycles. The molecule has 0 heterocycles. The third kappa shape index (κ3) is 3.00. The molecule has 0 aliphatic carbocycles. The van der Waals surface area contributed by atoms with Crippen molar-refractivity contribution in [2.45, 2.75) is 11.8 Å². The van der Waals surface area contributed by atoms with Crippen molar-refractivity contribution in [2.24, 2.45) is 0 Å². The van der Waals surface area contributed by atoms with Crippen LogP contribution in [0.3, 0.4) is 0 Å². The van der Waals surface area contributed by atoms with E-state index in [2.05, 4.69) is 4.72 Å². The molecule has 0 atom stereocenters. The van der Waals surface area contributed by atoms with E-state index >= 15 is 0 Å². The summed E-state index contributed by atoms with van der Waals surface area (Å²) in [6.45, 7) is 1.55. The van der Waals surface area contributed by atoms with Gasteiger partial charge < -0.3 is 10.2 Å².